The molecule has 0 bridgehead atoms. The van der Waals surface area contributed by atoms with Crippen molar-refractivity contribution in [3.05, 3.63) is 0 Å². The van der Waals surface area contributed by atoms with E-state index in [2.05, 4.69) is 0 Å². The number of carboxylic acid groups (broad SMARTS) is 1. The third kappa shape index (κ3) is 2.77. The molecule has 5 nitrogen and oxygen atoms in total. The van der Waals surface area contributed by atoms with Gasteiger partial charge in [-0.25, -0.2) is 4.79 Å². The lowest BCUT2D eigenvalue weighted by atomic mass is 9.97. The van der Waals surface area contributed by atoms with Crippen LogP contribution in [0.3, 0.4) is 0 Å². The van der Waals surface area contributed by atoms with Crippen molar-refractivity contribution >= 4 is 11.9 Å². The van der Waals surface area contributed by atoms with Crippen LogP contribution in [0.4, 0.5) is 0 Å². The summed E-state index contributed by atoms with van der Waals surface area (Å²) in [6.07, 6.45) is 1.82. The summed E-state index contributed by atoms with van der Waals surface area (Å²) in [5, 5.41) is 9.22. The number of carboxylic acids is 1. The highest BCUT2D eigenvalue weighted by atomic mass is 16.4. The molecular weight excluding hydrogens is 220 g/mol. The minimum atomic E-state index is -1.08. The minimum Gasteiger partial charge on any atom is -0.480 e. The Hall–Kier alpha value is -1.10. The van der Waals surface area contributed by atoms with Gasteiger partial charge in [0.25, 0.3) is 0 Å². The Morgan fingerprint density at radius 3 is 2.53 bits per heavy atom. The van der Waals surface area contributed by atoms with Gasteiger partial charge in [-0.2, -0.15) is 0 Å². The first-order valence-electron chi connectivity index (χ1n) is 6.09. The van der Waals surface area contributed by atoms with E-state index in [0.717, 1.165) is 6.42 Å². The average Bonchev–Trinajstić information content (AvgIpc) is 2.59. The van der Waals surface area contributed by atoms with Crippen molar-refractivity contribution in [2.75, 3.05) is 6.54 Å². The minimum absolute atomic E-state index is 0.235. The molecular formula is C12H22N2O3. The summed E-state index contributed by atoms with van der Waals surface area (Å²) >= 11 is 0. The van der Waals surface area contributed by atoms with Gasteiger partial charge in [-0.1, -0.05) is 13.8 Å². The molecule has 3 N–H and O–H groups in total. The van der Waals surface area contributed by atoms with Crippen LogP contribution in [0.25, 0.3) is 0 Å². The second-order valence-electron chi connectivity index (χ2n) is 5.41. The van der Waals surface area contributed by atoms with Crippen molar-refractivity contribution in [1.29, 1.82) is 0 Å². The van der Waals surface area contributed by atoms with Gasteiger partial charge in [-0.05, 0) is 32.1 Å². The van der Waals surface area contributed by atoms with Gasteiger partial charge in [0, 0.05) is 6.54 Å². The maximum absolute atomic E-state index is 12.1. The lowest BCUT2D eigenvalue weighted by Crippen LogP contribution is -2.55. The molecule has 17 heavy (non-hydrogen) atoms. The number of amides is 1. The summed E-state index contributed by atoms with van der Waals surface area (Å²) < 4.78 is 0. The van der Waals surface area contributed by atoms with Crippen molar-refractivity contribution in [3.63, 3.8) is 0 Å². The van der Waals surface area contributed by atoms with Crippen LogP contribution in [0.2, 0.25) is 0 Å². The Morgan fingerprint density at radius 1 is 1.47 bits per heavy atom. The van der Waals surface area contributed by atoms with Crippen LogP contribution in [-0.2, 0) is 9.59 Å². The quantitative estimate of drug-likeness (QED) is 0.764. The van der Waals surface area contributed by atoms with Gasteiger partial charge < -0.3 is 15.7 Å². The number of nitrogens with two attached hydrogens (primary N) is 1. The van der Waals surface area contributed by atoms with Crippen LogP contribution >= 0.6 is 0 Å². The summed E-state index contributed by atoms with van der Waals surface area (Å²) in [5.41, 5.74) is 4.76. The van der Waals surface area contributed by atoms with E-state index in [9.17, 15) is 14.7 Å². The lowest BCUT2D eigenvalue weighted by Gasteiger charge is -2.33. The molecule has 0 aromatic carbocycles. The SMILES string of the molecule is CC(C)C[C@@H](N)C(=O)N1CCCC1(C)C(=O)O. The number of likely N-dealkylation sites (tertiary alicyclic amines) is 1. The van der Waals surface area contributed by atoms with Gasteiger partial charge in [0.1, 0.15) is 5.54 Å². The van der Waals surface area contributed by atoms with Crippen LogP contribution in [0.5, 0.6) is 0 Å². The average molecular weight is 242 g/mol. The molecule has 2 atom stereocenters. The number of rotatable bonds is 4. The van der Waals surface area contributed by atoms with Crippen LogP contribution in [-0.4, -0.2) is 40.0 Å². The van der Waals surface area contributed by atoms with Crippen LogP contribution < -0.4 is 5.73 Å². The van der Waals surface area contributed by atoms with Crippen molar-refractivity contribution in [2.45, 2.75) is 51.6 Å². The third-order valence-corrected chi connectivity index (χ3v) is 3.41. The molecule has 0 aromatic heterocycles. The first-order chi connectivity index (χ1) is 7.79. The molecule has 0 aromatic rings. The van der Waals surface area contributed by atoms with E-state index in [-0.39, 0.29) is 5.91 Å². The topological polar surface area (TPSA) is 83.6 Å². The number of hydrogen-bond donors (Lipinski definition) is 2. The van der Waals surface area contributed by atoms with Crippen molar-refractivity contribution in [1.82, 2.24) is 4.90 Å². The molecule has 1 aliphatic rings. The van der Waals surface area contributed by atoms with Crippen LogP contribution in [0, 0.1) is 5.92 Å². The Morgan fingerprint density at radius 2 is 2.06 bits per heavy atom. The second-order valence-corrected chi connectivity index (χ2v) is 5.41. The molecule has 1 saturated heterocycles. The van der Waals surface area contributed by atoms with E-state index in [0.29, 0.717) is 25.3 Å². The zero-order valence-electron chi connectivity index (χ0n) is 10.8. The van der Waals surface area contributed by atoms with Crippen LogP contribution in [0.1, 0.15) is 40.0 Å². The fourth-order valence-corrected chi connectivity index (χ4v) is 2.35. The van der Waals surface area contributed by atoms with Crippen molar-refractivity contribution in [3.8, 4) is 0 Å². The van der Waals surface area contributed by atoms with Gasteiger partial charge in [0.05, 0.1) is 6.04 Å². The summed E-state index contributed by atoms with van der Waals surface area (Å²) in [5.74, 6) is -0.853. The zero-order chi connectivity index (χ0) is 13.2. The highest BCUT2D eigenvalue weighted by Crippen LogP contribution is 2.30. The largest absolute Gasteiger partial charge is 0.480 e. The van der Waals surface area contributed by atoms with Gasteiger partial charge in [0.2, 0.25) is 5.91 Å². The van der Waals surface area contributed by atoms with Crippen molar-refractivity contribution < 1.29 is 14.7 Å². The molecule has 1 amide bonds. The van der Waals surface area contributed by atoms with Gasteiger partial charge in [-0.15, -0.1) is 0 Å². The molecule has 0 saturated carbocycles. The smallest absolute Gasteiger partial charge is 0.329 e. The first kappa shape index (κ1) is 14.0. The number of carbonyl (C=O) groups excluding carboxylic acids is 1. The fraction of sp³-hybridized carbons (Fsp3) is 0.833. The van der Waals surface area contributed by atoms with E-state index in [1.165, 1.54) is 4.90 Å². The molecule has 0 spiro atoms. The predicted octanol–water partition coefficient (Wildman–Crippen LogP) is 0.825. The second kappa shape index (κ2) is 5.04. The maximum atomic E-state index is 12.1. The Balaban J connectivity index is 2.78. The standard InChI is InChI=1S/C12H22N2O3/c1-8(2)7-9(13)10(15)14-6-4-5-12(14,3)11(16)17/h8-9H,4-7,13H2,1-3H3,(H,16,17)/t9-,12?/m1/s1. The third-order valence-electron chi connectivity index (χ3n) is 3.41. The summed E-state index contributed by atoms with van der Waals surface area (Å²) in [6, 6.07) is -0.591. The number of carbonyl (C=O) groups is 2. The molecule has 0 aliphatic carbocycles. The summed E-state index contributed by atoms with van der Waals surface area (Å²) in [4.78, 5) is 24.8. The summed E-state index contributed by atoms with van der Waals surface area (Å²) in [7, 11) is 0. The zero-order valence-corrected chi connectivity index (χ0v) is 10.8. The van der Waals surface area contributed by atoms with Gasteiger partial charge >= 0.3 is 5.97 Å². The molecule has 5 heteroatoms. The number of nitrogens with zero attached hydrogens (tertiary/aromatic N) is 1. The molecule has 1 fully saturated rings. The predicted molar refractivity (Wildman–Crippen MR) is 64.4 cm³/mol. The van der Waals surface area contributed by atoms with E-state index < -0.39 is 17.6 Å². The van der Waals surface area contributed by atoms with E-state index >= 15 is 0 Å². The monoisotopic (exact) mass is 242 g/mol. The lowest BCUT2D eigenvalue weighted by molar-refractivity contribution is -0.155. The summed E-state index contributed by atoms with van der Waals surface area (Å²) in [6.45, 7) is 6.08. The highest BCUT2D eigenvalue weighted by Gasteiger charge is 2.46. The number of hydrogen-bond acceptors (Lipinski definition) is 3. The van der Waals surface area contributed by atoms with E-state index in [4.69, 9.17) is 5.73 Å². The fourth-order valence-electron chi connectivity index (χ4n) is 2.35. The molecule has 1 heterocycles. The Labute approximate surface area is 102 Å². The molecule has 98 valence electrons. The molecule has 0 radical (unpaired) electrons. The molecule has 1 rings (SSSR count). The first-order valence-corrected chi connectivity index (χ1v) is 6.09. The molecule has 1 aliphatic heterocycles. The van der Waals surface area contributed by atoms with Gasteiger partial charge in [0.15, 0.2) is 0 Å². The van der Waals surface area contributed by atoms with E-state index in [1.807, 2.05) is 13.8 Å². The molecule has 1 unspecified atom stereocenters. The number of aliphatic carboxylic acids is 1. The van der Waals surface area contributed by atoms with Crippen molar-refractivity contribution in [2.24, 2.45) is 11.7 Å². The maximum Gasteiger partial charge on any atom is 0.329 e. The Kier molecular flexibility index (Phi) is 4.14. The normalized spacial score (nSPS) is 26.3. The highest BCUT2D eigenvalue weighted by molar-refractivity contribution is 5.89. The Bertz CT molecular complexity index is 317. The van der Waals surface area contributed by atoms with Crippen LogP contribution in [0.15, 0.2) is 0 Å². The van der Waals surface area contributed by atoms with E-state index in [1.54, 1.807) is 6.92 Å². The van der Waals surface area contributed by atoms with Gasteiger partial charge in [-0.3, -0.25) is 4.79 Å².